The van der Waals surface area contributed by atoms with Crippen molar-refractivity contribution in [3.63, 3.8) is 0 Å². The maximum Gasteiger partial charge on any atom is 0.182 e. The number of methoxy groups -OCH3 is 1. The predicted octanol–water partition coefficient (Wildman–Crippen LogP) is 2.00. The van der Waals surface area contributed by atoms with Crippen LogP contribution < -0.4 is 9.64 Å². The highest BCUT2D eigenvalue weighted by atomic mass is 16.5. The Hall–Kier alpha value is -2.10. The highest BCUT2D eigenvalue weighted by Crippen LogP contribution is 2.40. The van der Waals surface area contributed by atoms with Gasteiger partial charge in [-0.05, 0) is 6.08 Å². The highest BCUT2D eigenvalue weighted by Gasteiger charge is 2.15. The van der Waals surface area contributed by atoms with Crippen molar-refractivity contribution >= 4 is 5.69 Å². The first-order valence-corrected chi connectivity index (χ1v) is 4.92. The lowest BCUT2D eigenvalue weighted by Gasteiger charge is -2.22. The Morgan fingerprint density at radius 3 is 2.69 bits per heavy atom. The van der Waals surface area contributed by atoms with E-state index in [9.17, 15) is 10.2 Å². The van der Waals surface area contributed by atoms with Crippen LogP contribution in [0.15, 0.2) is 36.6 Å². The summed E-state index contributed by atoms with van der Waals surface area (Å²) in [6.07, 6.45) is 7.57. The summed E-state index contributed by atoms with van der Waals surface area (Å²) in [5.41, 5.74) is 0.525. The summed E-state index contributed by atoms with van der Waals surface area (Å²) < 4.78 is 4.98. The molecule has 16 heavy (non-hydrogen) atoms. The van der Waals surface area contributed by atoms with Crippen LogP contribution in [0.3, 0.4) is 0 Å². The molecule has 0 aromatic heterocycles. The summed E-state index contributed by atoms with van der Waals surface area (Å²) >= 11 is 0. The number of benzene rings is 1. The number of nitrogens with zero attached hydrogens (tertiary/aromatic N) is 1. The van der Waals surface area contributed by atoms with Crippen LogP contribution in [0.4, 0.5) is 5.69 Å². The second kappa shape index (κ2) is 4.18. The fourth-order valence-electron chi connectivity index (χ4n) is 1.60. The first kappa shape index (κ1) is 10.4. The molecule has 1 aromatic carbocycles. The molecule has 0 unspecified atom stereocenters. The monoisotopic (exact) mass is 219 g/mol. The molecule has 0 fully saturated rings. The average molecular weight is 219 g/mol. The zero-order chi connectivity index (χ0) is 11.5. The third-order valence-electron chi connectivity index (χ3n) is 2.38. The molecule has 2 N–H and O–H groups in total. The van der Waals surface area contributed by atoms with Crippen LogP contribution in [0.2, 0.25) is 0 Å². The fraction of sp³-hybridized carbons (Fsp3) is 0.167. The first-order valence-electron chi connectivity index (χ1n) is 4.92. The maximum atomic E-state index is 9.93. The summed E-state index contributed by atoms with van der Waals surface area (Å²) in [4.78, 5) is 1.82. The Balaban J connectivity index is 2.43. The maximum absolute atomic E-state index is 9.93. The molecular formula is C12H13NO3. The minimum Gasteiger partial charge on any atom is -0.508 e. The summed E-state index contributed by atoms with van der Waals surface area (Å²) in [5.74, 6) is 0.353. The van der Waals surface area contributed by atoms with E-state index in [0.29, 0.717) is 12.2 Å². The molecule has 0 saturated carbocycles. The second-order valence-electron chi connectivity index (χ2n) is 3.44. The number of rotatable bonds is 2. The minimum absolute atomic E-state index is 0.0280. The molecular weight excluding hydrogens is 206 g/mol. The normalized spacial score (nSPS) is 14.2. The van der Waals surface area contributed by atoms with Gasteiger partial charge in [0.1, 0.15) is 5.75 Å². The molecule has 1 aliphatic rings. The second-order valence-corrected chi connectivity index (χ2v) is 3.44. The van der Waals surface area contributed by atoms with E-state index in [4.69, 9.17) is 4.74 Å². The number of ether oxygens (including phenoxy) is 1. The van der Waals surface area contributed by atoms with Gasteiger partial charge < -0.3 is 19.8 Å². The van der Waals surface area contributed by atoms with Crippen LogP contribution in [0.25, 0.3) is 0 Å². The first-order chi connectivity index (χ1) is 7.72. The number of allylic oxidation sites excluding steroid dienone is 2. The predicted molar refractivity (Wildman–Crippen MR) is 61.9 cm³/mol. The van der Waals surface area contributed by atoms with Gasteiger partial charge in [-0.3, -0.25) is 0 Å². The standard InChI is InChI=1S/C12H13NO3/c1-16-11-8-9(14)7-10(12(11)15)13-5-3-2-4-6-13/h2-5,7-8,14-15H,6H2,1H3. The van der Waals surface area contributed by atoms with Gasteiger partial charge in [0.25, 0.3) is 0 Å². The SMILES string of the molecule is COc1cc(O)cc(N2C=CC=CC2)c1O. The van der Waals surface area contributed by atoms with E-state index in [-0.39, 0.29) is 17.2 Å². The molecule has 0 bridgehead atoms. The van der Waals surface area contributed by atoms with Gasteiger partial charge in [-0.25, -0.2) is 0 Å². The van der Waals surface area contributed by atoms with Crippen LogP contribution >= 0.6 is 0 Å². The third-order valence-corrected chi connectivity index (χ3v) is 2.38. The van der Waals surface area contributed by atoms with Crippen molar-refractivity contribution in [1.29, 1.82) is 0 Å². The molecule has 1 heterocycles. The molecule has 0 atom stereocenters. The van der Waals surface area contributed by atoms with Crippen LogP contribution in [0.5, 0.6) is 17.2 Å². The molecule has 0 aliphatic carbocycles. The van der Waals surface area contributed by atoms with Crippen molar-refractivity contribution in [2.45, 2.75) is 0 Å². The quantitative estimate of drug-likeness (QED) is 0.747. The molecule has 0 saturated heterocycles. The van der Waals surface area contributed by atoms with Gasteiger partial charge in [-0.2, -0.15) is 0 Å². The minimum atomic E-state index is 0.0280. The summed E-state index contributed by atoms with van der Waals surface area (Å²) in [6.45, 7) is 0.649. The van der Waals surface area contributed by atoms with E-state index < -0.39 is 0 Å². The Morgan fingerprint density at radius 2 is 2.06 bits per heavy atom. The van der Waals surface area contributed by atoms with E-state index in [1.807, 2.05) is 29.3 Å². The summed E-state index contributed by atoms with van der Waals surface area (Å²) in [7, 11) is 1.45. The molecule has 1 aromatic rings. The Bertz CT molecular complexity index is 452. The van der Waals surface area contributed by atoms with Crippen LogP contribution in [0, 0.1) is 0 Å². The van der Waals surface area contributed by atoms with E-state index in [2.05, 4.69) is 0 Å². The lowest BCUT2D eigenvalue weighted by molar-refractivity contribution is 0.369. The smallest absolute Gasteiger partial charge is 0.182 e. The molecule has 0 amide bonds. The topological polar surface area (TPSA) is 52.9 Å². The van der Waals surface area contributed by atoms with Crippen molar-refractivity contribution in [3.05, 3.63) is 36.6 Å². The average Bonchev–Trinajstić information content (AvgIpc) is 2.33. The van der Waals surface area contributed by atoms with Gasteiger partial charge in [0.2, 0.25) is 0 Å². The van der Waals surface area contributed by atoms with Crippen LogP contribution in [0.1, 0.15) is 0 Å². The highest BCUT2D eigenvalue weighted by molar-refractivity contribution is 5.68. The number of hydrogen-bond acceptors (Lipinski definition) is 4. The fourth-order valence-corrected chi connectivity index (χ4v) is 1.60. The van der Waals surface area contributed by atoms with Crippen molar-refractivity contribution in [2.75, 3.05) is 18.6 Å². The Morgan fingerprint density at radius 1 is 1.25 bits per heavy atom. The lowest BCUT2D eigenvalue weighted by atomic mass is 10.2. The summed E-state index contributed by atoms with van der Waals surface area (Å²) in [5, 5.41) is 19.4. The molecule has 0 spiro atoms. The van der Waals surface area contributed by atoms with E-state index >= 15 is 0 Å². The molecule has 4 heteroatoms. The van der Waals surface area contributed by atoms with Gasteiger partial charge in [-0.1, -0.05) is 12.2 Å². The Labute approximate surface area is 93.7 Å². The van der Waals surface area contributed by atoms with Gasteiger partial charge in [0.15, 0.2) is 11.5 Å². The van der Waals surface area contributed by atoms with Crippen molar-refractivity contribution in [2.24, 2.45) is 0 Å². The van der Waals surface area contributed by atoms with Crippen molar-refractivity contribution < 1.29 is 14.9 Å². The lowest BCUT2D eigenvalue weighted by Crippen LogP contribution is -2.17. The van der Waals surface area contributed by atoms with Gasteiger partial charge >= 0.3 is 0 Å². The molecule has 0 radical (unpaired) electrons. The third kappa shape index (κ3) is 1.82. The zero-order valence-electron chi connectivity index (χ0n) is 8.92. The van der Waals surface area contributed by atoms with Crippen LogP contribution in [-0.4, -0.2) is 23.9 Å². The van der Waals surface area contributed by atoms with E-state index in [1.165, 1.54) is 19.2 Å². The van der Waals surface area contributed by atoms with Crippen LogP contribution in [-0.2, 0) is 0 Å². The number of phenols is 2. The van der Waals surface area contributed by atoms with E-state index in [1.54, 1.807) is 0 Å². The zero-order valence-corrected chi connectivity index (χ0v) is 8.92. The molecule has 2 rings (SSSR count). The van der Waals surface area contributed by atoms with Crippen molar-refractivity contribution in [1.82, 2.24) is 0 Å². The van der Waals surface area contributed by atoms with Gasteiger partial charge in [0.05, 0.1) is 12.8 Å². The molecule has 84 valence electrons. The number of aromatic hydroxyl groups is 2. The largest absolute Gasteiger partial charge is 0.508 e. The van der Waals surface area contributed by atoms with Gasteiger partial charge in [-0.15, -0.1) is 0 Å². The summed E-state index contributed by atoms with van der Waals surface area (Å²) in [6, 6.07) is 2.88. The number of anilines is 1. The van der Waals surface area contributed by atoms with Crippen molar-refractivity contribution in [3.8, 4) is 17.2 Å². The Kier molecular flexibility index (Phi) is 2.72. The van der Waals surface area contributed by atoms with E-state index in [0.717, 1.165) is 0 Å². The molecule has 4 nitrogen and oxygen atoms in total. The molecule has 1 aliphatic heterocycles. The van der Waals surface area contributed by atoms with Gasteiger partial charge in [0, 0.05) is 24.9 Å². The number of hydrogen-bond donors (Lipinski definition) is 2. The number of phenolic OH excluding ortho intramolecular Hbond substituents is 2.